The Hall–Kier alpha value is -0.410. The third kappa shape index (κ3) is 2.73. The minimum Gasteiger partial charge on any atom is -0.305 e. The maximum Gasteiger partial charge on any atom is 0.114 e. The predicted molar refractivity (Wildman–Crippen MR) is 83.7 cm³/mol. The van der Waals surface area contributed by atoms with Crippen molar-refractivity contribution in [2.75, 3.05) is 6.54 Å². The van der Waals surface area contributed by atoms with Gasteiger partial charge in [-0.25, -0.2) is 4.98 Å². The highest BCUT2D eigenvalue weighted by atomic mass is 32.1. The molecule has 3 heteroatoms. The lowest BCUT2D eigenvalue weighted by Gasteiger charge is -2.45. The van der Waals surface area contributed by atoms with Crippen molar-refractivity contribution in [3.05, 3.63) is 15.6 Å². The van der Waals surface area contributed by atoms with E-state index in [2.05, 4.69) is 39.9 Å². The van der Waals surface area contributed by atoms with Crippen LogP contribution in [-0.4, -0.2) is 11.5 Å². The molecule has 1 saturated carbocycles. The summed E-state index contributed by atoms with van der Waals surface area (Å²) in [5.41, 5.74) is 1.34. The van der Waals surface area contributed by atoms with Gasteiger partial charge in [0.2, 0.25) is 0 Å². The van der Waals surface area contributed by atoms with Crippen molar-refractivity contribution in [2.24, 2.45) is 11.8 Å². The van der Waals surface area contributed by atoms with Crippen molar-refractivity contribution in [1.82, 2.24) is 10.3 Å². The van der Waals surface area contributed by atoms with Crippen LogP contribution in [-0.2, 0) is 5.54 Å². The summed E-state index contributed by atoms with van der Waals surface area (Å²) >= 11 is 1.91. The second-order valence-electron chi connectivity index (χ2n) is 6.26. The summed E-state index contributed by atoms with van der Waals surface area (Å²) in [6.07, 6.45) is 5.28. The van der Waals surface area contributed by atoms with Gasteiger partial charge in [-0.15, -0.1) is 11.3 Å². The number of nitrogens with one attached hydrogen (secondary N) is 1. The quantitative estimate of drug-likeness (QED) is 0.883. The molecule has 108 valence electrons. The maximum atomic E-state index is 4.91. The molecule has 2 nitrogen and oxygen atoms in total. The molecule has 2 atom stereocenters. The van der Waals surface area contributed by atoms with Gasteiger partial charge in [0.25, 0.3) is 0 Å². The lowest BCUT2D eigenvalue weighted by atomic mass is 9.68. The van der Waals surface area contributed by atoms with Crippen LogP contribution >= 0.6 is 11.3 Å². The fourth-order valence-electron chi connectivity index (χ4n) is 3.64. The maximum absolute atomic E-state index is 4.91. The van der Waals surface area contributed by atoms with E-state index < -0.39 is 0 Å². The average molecular weight is 280 g/mol. The molecule has 0 aliphatic heterocycles. The van der Waals surface area contributed by atoms with Gasteiger partial charge < -0.3 is 5.32 Å². The number of hydrogen-bond acceptors (Lipinski definition) is 3. The van der Waals surface area contributed by atoms with Crippen LogP contribution in [0.2, 0.25) is 0 Å². The van der Waals surface area contributed by atoms with Gasteiger partial charge in [-0.2, -0.15) is 0 Å². The summed E-state index contributed by atoms with van der Waals surface area (Å²) < 4.78 is 0. The Kier molecular flexibility index (Phi) is 4.67. The normalized spacial score (nSPS) is 28.0. The summed E-state index contributed by atoms with van der Waals surface area (Å²) in [5.74, 6) is 1.43. The fourth-order valence-corrected chi connectivity index (χ4v) is 4.82. The first-order chi connectivity index (χ1) is 9.01. The minimum atomic E-state index is 0.130. The lowest BCUT2D eigenvalue weighted by molar-refractivity contribution is 0.102. The summed E-state index contributed by atoms with van der Waals surface area (Å²) in [7, 11) is 0. The van der Waals surface area contributed by atoms with E-state index in [1.165, 1.54) is 41.3 Å². The average Bonchev–Trinajstić information content (AvgIpc) is 2.71. The highest BCUT2D eigenvalue weighted by molar-refractivity contribution is 7.11. The van der Waals surface area contributed by atoms with E-state index in [0.29, 0.717) is 11.8 Å². The zero-order valence-electron chi connectivity index (χ0n) is 13.0. The second kappa shape index (κ2) is 5.92. The molecule has 1 fully saturated rings. The monoisotopic (exact) mass is 280 g/mol. The van der Waals surface area contributed by atoms with Gasteiger partial charge in [0.1, 0.15) is 5.01 Å². The molecule has 0 spiro atoms. The van der Waals surface area contributed by atoms with Gasteiger partial charge in [0, 0.05) is 4.88 Å². The molecular weight excluding hydrogens is 252 g/mol. The van der Waals surface area contributed by atoms with Crippen LogP contribution in [0.3, 0.4) is 0 Å². The Labute approximate surface area is 122 Å². The first-order valence-corrected chi connectivity index (χ1v) is 8.52. The number of aromatic nitrogens is 1. The van der Waals surface area contributed by atoms with Gasteiger partial charge in [-0.1, -0.05) is 33.6 Å². The molecule has 1 N–H and O–H groups in total. The van der Waals surface area contributed by atoms with Crippen LogP contribution in [0.25, 0.3) is 0 Å². The summed E-state index contributed by atoms with van der Waals surface area (Å²) in [4.78, 5) is 6.29. The standard InChI is InChI=1S/C16H28N2S/c1-6-17-16(15-18-12(4)13(5)19-15)10-8-7-9-14(16)11(2)3/h11,14,17H,6-10H2,1-5H3. The molecule has 2 unspecified atom stereocenters. The van der Waals surface area contributed by atoms with E-state index in [1.54, 1.807) is 0 Å². The largest absolute Gasteiger partial charge is 0.305 e. The van der Waals surface area contributed by atoms with Crippen molar-refractivity contribution < 1.29 is 0 Å². The zero-order chi connectivity index (χ0) is 14.0. The van der Waals surface area contributed by atoms with E-state index in [1.807, 2.05) is 11.3 Å². The number of thiazole rings is 1. The minimum absolute atomic E-state index is 0.130. The van der Waals surface area contributed by atoms with Crippen LogP contribution in [0.1, 0.15) is 62.0 Å². The molecule has 1 aliphatic carbocycles. The molecule has 2 rings (SSSR count). The number of rotatable bonds is 4. The van der Waals surface area contributed by atoms with Gasteiger partial charge in [0.05, 0.1) is 11.2 Å². The molecular formula is C16H28N2S. The highest BCUT2D eigenvalue weighted by Gasteiger charge is 2.45. The van der Waals surface area contributed by atoms with Crippen molar-refractivity contribution in [3.8, 4) is 0 Å². The molecule has 0 radical (unpaired) electrons. The Morgan fingerprint density at radius 3 is 2.63 bits per heavy atom. The third-order valence-electron chi connectivity index (χ3n) is 4.68. The van der Waals surface area contributed by atoms with Gasteiger partial charge >= 0.3 is 0 Å². The van der Waals surface area contributed by atoms with E-state index in [9.17, 15) is 0 Å². The van der Waals surface area contributed by atoms with Crippen molar-refractivity contribution >= 4 is 11.3 Å². The van der Waals surface area contributed by atoms with Gasteiger partial charge in [-0.3, -0.25) is 0 Å². The van der Waals surface area contributed by atoms with E-state index in [4.69, 9.17) is 4.98 Å². The van der Waals surface area contributed by atoms with Crippen LogP contribution in [0, 0.1) is 25.7 Å². The Bertz CT molecular complexity index is 401. The summed E-state index contributed by atoms with van der Waals surface area (Å²) in [5, 5.41) is 5.17. The molecule has 1 aromatic rings. The van der Waals surface area contributed by atoms with E-state index in [0.717, 1.165) is 6.54 Å². The Morgan fingerprint density at radius 2 is 2.11 bits per heavy atom. The third-order valence-corrected chi connectivity index (χ3v) is 5.93. The summed E-state index contributed by atoms with van der Waals surface area (Å²) in [6, 6.07) is 0. The molecule has 1 heterocycles. The predicted octanol–water partition coefficient (Wildman–Crippen LogP) is 4.41. The van der Waals surface area contributed by atoms with E-state index in [-0.39, 0.29) is 5.54 Å². The van der Waals surface area contributed by atoms with Crippen LogP contribution in [0.4, 0.5) is 0 Å². The fraction of sp³-hybridized carbons (Fsp3) is 0.812. The van der Waals surface area contributed by atoms with Gasteiger partial charge in [-0.05, 0) is 45.1 Å². The van der Waals surface area contributed by atoms with Crippen LogP contribution < -0.4 is 5.32 Å². The molecule has 0 bridgehead atoms. The summed E-state index contributed by atoms with van der Waals surface area (Å²) in [6.45, 7) is 12.3. The van der Waals surface area contributed by atoms with Crippen molar-refractivity contribution in [2.45, 2.75) is 65.8 Å². The number of aryl methyl sites for hydroxylation is 2. The topological polar surface area (TPSA) is 24.9 Å². The molecule has 0 aromatic carbocycles. The SMILES string of the molecule is CCNC1(c2nc(C)c(C)s2)CCCCC1C(C)C. The molecule has 19 heavy (non-hydrogen) atoms. The zero-order valence-corrected chi connectivity index (χ0v) is 13.9. The lowest BCUT2D eigenvalue weighted by Crippen LogP contribution is -2.52. The first kappa shape index (κ1) is 15.0. The van der Waals surface area contributed by atoms with E-state index >= 15 is 0 Å². The molecule has 1 aromatic heterocycles. The second-order valence-corrected chi connectivity index (χ2v) is 7.46. The Morgan fingerprint density at radius 1 is 1.37 bits per heavy atom. The first-order valence-electron chi connectivity index (χ1n) is 7.70. The van der Waals surface area contributed by atoms with Crippen molar-refractivity contribution in [3.63, 3.8) is 0 Å². The number of hydrogen-bond donors (Lipinski definition) is 1. The smallest absolute Gasteiger partial charge is 0.114 e. The molecule has 0 saturated heterocycles. The van der Waals surface area contributed by atoms with Gasteiger partial charge in [0.15, 0.2) is 0 Å². The van der Waals surface area contributed by atoms with Crippen LogP contribution in [0.15, 0.2) is 0 Å². The number of nitrogens with zero attached hydrogens (tertiary/aromatic N) is 1. The van der Waals surface area contributed by atoms with Crippen molar-refractivity contribution in [1.29, 1.82) is 0 Å². The molecule has 0 amide bonds. The van der Waals surface area contributed by atoms with Crippen LogP contribution in [0.5, 0.6) is 0 Å². The molecule has 1 aliphatic rings. The Balaban J connectivity index is 2.44. The highest BCUT2D eigenvalue weighted by Crippen LogP contribution is 2.46.